The van der Waals surface area contributed by atoms with Crippen molar-refractivity contribution in [1.82, 2.24) is 29.5 Å². The van der Waals surface area contributed by atoms with Gasteiger partial charge in [0.05, 0.1) is 23.0 Å². The summed E-state index contributed by atoms with van der Waals surface area (Å²) in [6.07, 6.45) is 3.42. The largest absolute Gasteiger partial charge is 0.250 e. The molecule has 0 bridgehead atoms. The van der Waals surface area contributed by atoms with Crippen molar-refractivity contribution < 1.29 is 0 Å². The molecule has 0 spiro atoms. The molecule has 0 fully saturated rings. The third-order valence-corrected chi connectivity index (χ3v) is 5.14. The van der Waals surface area contributed by atoms with Crippen LogP contribution in [0.4, 0.5) is 0 Å². The van der Waals surface area contributed by atoms with Crippen molar-refractivity contribution in [3.05, 3.63) is 59.8 Å². The van der Waals surface area contributed by atoms with Gasteiger partial charge >= 0.3 is 0 Å². The van der Waals surface area contributed by atoms with Gasteiger partial charge in [0.2, 0.25) is 0 Å². The normalized spacial score (nSPS) is 11.3. The highest BCUT2D eigenvalue weighted by molar-refractivity contribution is 7.98. The van der Waals surface area contributed by atoms with E-state index in [0.717, 1.165) is 38.9 Å². The minimum atomic E-state index is 0.846. The fourth-order valence-electron chi connectivity index (χ4n) is 2.83. The van der Waals surface area contributed by atoms with E-state index in [1.165, 1.54) is 5.56 Å². The molecule has 0 amide bonds. The summed E-state index contributed by atoms with van der Waals surface area (Å²) >= 11 is 1.70. The van der Waals surface area contributed by atoms with Crippen molar-refractivity contribution in [2.45, 2.75) is 24.6 Å². The van der Waals surface area contributed by atoms with E-state index in [-0.39, 0.29) is 0 Å². The lowest BCUT2D eigenvalue weighted by Gasteiger charge is -2.06. The van der Waals surface area contributed by atoms with E-state index in [9.17, 15) is 0 Å². The van der Waals surface area contributed by atoms with Gasteiger partial charge in [-0.15, -0.1) is 11.8 Å². The molecule has 7 heteroatoms. The van der Waals surface area contributed by atoms with Gasteiger partial charge in [0.1, 0.15) is 11.4 Å². The van der Waals surface area contributed by atoms with Crippen LogP contribution in [0, 0.1) is 13.8 Å². The molecule has 0 atom stereocenters. The Kier molecular flexibility index (Phi) is 4.01. The molecule has 4 rings (SSSR count). The van der Waals surface area contributed by atoms with E-state index in [1.54, 1.807) is 22.8 Å². The van der Waals surface area contributed by atoms with E-state index >= 15 is 0 Å². The average molecular weight is 350 g/mol. The Balaban J connectivity index is 1.52. The molecule has 25 heavy (non-hydrogen) atoms. The van der Waals surface area contributed by atoms with Crippen molar-refractivity contribution >= 4 is 22.8 Å². The fraction of sp³-hybridized carbons (Fsp3) is 0.222. The second kappa shape index (κ2) is 6.33. The second-order valence-corrected chi connectivity index (χ2v) is 6.94. The third kappa shape index (κ3) is 3.02. The standard InChI is InChI=1S/C18H18N6S/c1-12-8-13(2)24(22-12)15-6-4-14(5-7-15)10-25-18-16-9-21-23(3)17(16)19-11-20-18/h4-9,11H,10H2,1-3H3. The Labute approximate surface area is 149 Å². The molecule has 6 nitrogen and oxygen atoms in total. The van der Waals surface area contributed by atoms with Gasteiger partial charge in [-0.25, -0.2) is 14.6 Å². The second-order valence-electron chi connectivity index (χ2n) is 5.98. The maximum Gasteiger partial charge on any atom is 0.162 e. The van der Waals surface area contributed by atoms with Crippen LogP contribution in [-0.4, -0.2) is 29.5 Å². The zero-order valence-electron chi connectivity index (χ0n) is 14.3. The van der Waals surface area contributed by atoms with Crippen molar-refractivity contribution in [2.75, 3.05) is 0 Å². The molecule has 126 valence electrons. The van der Waals surface area contributed by atoms with Crippen LogP contribution in [0.3, 0.4) is 0 Å². The first-order valence-electron chi connectivity index (χ1n) is 8.00. The predicted octanol–water partition coefficient (Wildman–Crippen LogP) is 3.46. The molecule has 0 saturated carbocycles. The zero-order valence-corrected chi connectivity index (χ0v) is 15.2. The monoisotopic (exact) mass is 350 g/mol. The van der Waals surface area contributed by atoms with Crippen LogP contribution in [-0.2, 0) is 12.8 Å². The summed E-state index contributed by atoms with van der Waals surface area (Å²) in [5.41, 5.74) is 5.35. The van der Waals surface area contributed by atoms with Gasteiger partial charge in [0.25, 0.3) is 0 Å². The van der Waals surface area contributed by atoms with Crippen LogP contribution >= 0.6 is 11.8 Å². The Bertz CT molecular complexity index is 1030. The van der Waals surface area contributed by atoms with E-state index in [4.69, 9.17) is 0 Å². The molecule has 4 aromatic rings. The maximum atomic E-state index is 4.53. The van der Waals surface area contributed by atoms with Crippen LogP contribution in [0.5, 0.6) is 0 Å². The van der Waals surface area contributed by atoms with Crippen LogP contribution in [0.2, 0.25) is 0 Å². The SMILES string of the molecule is Cc1cc(C)n(-c2ccc(CSc3ncnc4c3cnn4C)cc2)n1. The number of aryl methyl sites for hydroxylation is 3. The van der Waals surface area contributed by atoms with Crippen molar-refractivity contribution in [3.8, 4) is 5.69 Å². The van der Waals surface area contributed by atoms with Gasteiger partial charge in [0.15, 0.2) is 5.65 Å². The summed E-state index contributed by atoms with van der Waals surface area (Å²) in [6, 6.07) is 10.6. The lowest BCUT2D eigenvalue weighted by molar-refractivity contribution is 0.784. The number of rotatable bonds is 4. The number of hydrogen-bond acceptors (Lipinski definition) is 5. The predicted molar refractivity (Wildman–Crippen MR) is 98.9 cm³/mol. The van der Waals surface area contributed by atoms with Gasteiger partial charge in [-0.1, -0.05) is 12.1 Å². The Morgan fingerprint density at radius 1 is 1.08 bits per heavy atom. The van der Waals surface area contributed by atoms with Gasteiger partial charge < -0.3 is 0 Å². The van der Waals surface area contributed by atoms with Crippen LogP contribution < -0.4 is 0 Å². The van der Waals surface area contributed by atoms with E-state index in [2.05, 4.69) is 57.4 Å². The highest BCUT2D eigenvalue weighted by atomic mass is 32.2. The molecule has 0 aliphatic heterocycles. The summed E-state index contributed by atoms with van der Waals surface area (Å²) in [5.74, 6) is 0.846. The van der Waals surface area contributed by atoms with Gasteiger partial charge in [-0.05, 0) is 37.6 Å². The summed E-state index contributed by atoms with van der Waals surface area (Å²) in [7, 11) is 1.89. The molecule has 0 radical (unpaired) electrons. The van der Waals surface area contributed by atoms with Crippen LogP contribution in [0.1, 0.15) is 17.0 Å². The molecule has 3 aromatic heterocycles. The topological polar surface area (TPSA) is 61.4 Å². The fourth-order valence-corrected chi connectivity index (χ4v) is 3.75. The molecular weight excluding hydrogens is 332 g/mol. The molecule has 0 unspecified atom stereocenters. The summed E-state index contributed by atoms with van der Waals surface area (Å²) in [5, 5.41) is 10.7. The molecule has 0 N–H and O–H groups in total. The van der Waals surface area contributed by atoms with Gasteiger partial charge in [0, 0.05) is 18.5 Å². The molecule has 0 saturated heterocycles. The Hall–Kier alpha value is -2.67. The lowest BCUT2D eigenvalue weighted by atomic mass is 10.2. The number of aromatic nitrogens is 6. The number of fused-ring (bicyclic) bond motifs is 1. The number of benzene rings is 1. The van der Waals surface area contributed by atoms with E-state index in [1.807, 2.05) is 24.9 Å². The third-order valence-electron chi connectivity index (χ3n) is 4.06. The maximum absolute atomic E-state index is 4.53. The highest BCUT2D eigenvalue weighted by Crippen LogP contribution is 2.27. The quantitative estimate of drug-likeness (QED) is 0.417. The molecular formula is C18H18N6S. The van der Waals surface area contributed by atoms with Crippen molar-refractivity contribution in [1.29, 1.82) is 0 Å². The van der Waals surface area contributed by atoms with Crippen LogP contribution in [0.25, 0.3) is 16.7 Å². The summed E-state index contributed by atoms with van der Waals surface area (Å²) < 4.78 is 3.74. The van der Waals surface area contributed by atoms with E-state index in [0.29, 0.717) is 0 Å². The van der Waals surface area contributed by atoms with E-state index < -0.39 is 0 Å². The minimum absolute atomic E-state index is 0.846. The molecule has 0 aliphatic rings. The smallest absolute Gasteiger partial charge is 0.162 e. The Morgan fingerprint density at radius 2 is 1.88 bits per heavy atom. The van der Waals surface area contributed by atoms with Gasteiger partial charge in [-0.3, -0.25) is 4.68 Å². The number of thioether (sulfide) groups is 1. The Morgan fingerprint density at radius 3 is 2.60 bits per heavy atom. The lowest BCUT2D eigenvalue weighted by Crippen LogP contribution is -1.99. The molecule has 3 heterocycles. The highest BCUT2D eigenvalue weighted by Gasteiger charge is 2.09. The number of nitrogens with zero attached hydrogens (tertiary/aromatic N) is 6. The summed E-state index contributed by atoms with van der Waals surface area (Å²) in [4.78, 5) is 8.68. The van der Waals surface area contributed by atoms with Crippen molar-refractivity contribution in [3.63, 3.8) is 0 Å². The first kappa shape index (κ1) is 15.8. The average Bonchev–Trinajstić information content (AvgIpc) is 3.16. The first-order chi connectivity index (χ1) is 12.1. The minimum Gasteiger partial charge on any atom is -0.250 e. The van der Waals surface area contributed by atoms with Crippen LogP contribution in [0.15, 0.2) is 47.9 Å². The zero-order chi connectivity index (χ0) is 17.4. The number of hydrogen-bond donors (Lipinski definition) is 0. The van der Waals surface area contributed by atoms with Crippen molar-refractivity contribution in [2.24, 2.45) is 7.05 Å². The first-order valence-corrected chi connectivity index (χ1v) is 8.98. The molecule has 1 aromatic carbocycles. The molecule has 0 aliphatic carbocycles. The van der Waals surface area contributed by atoms with Gasteiger partial charge in [-0.2, -0.15) is 10.2 Å². The summed E-state index contributed by atoms with van der Waals surface area (Å²) in [6.45, 7) is 4.08.